The van der Waals surface area contributed by atoms with Gasteiger partial charge in [-0.25, -0.2) is 18.4 Å². The van der Waals surface area contributed by atoms with Crippen molar-refractivity contribution in [1.29, 1.82) is 0 Å². The molecule has 8 nitrogen and oxygen atoms in total. The number of hydrogen-bond acceptors (Lipinski definition) is 5. The SMILES string of the molecule is COc1cccc(-c2c(C)n(Cc3c(F)cccc3C(F)(F)F)c(=O)n(CC(NC(=O)OC(C)(C)C)c3ccccc3)c2=O)c1F. The van der Waals surface area contributed by atoms with Gasteiger partial charge in [0.25, 0.3) is 5.56 Å². The third-order valence-corrected chi connectivity index (χ3v) is 7.14. The fourth-order valence-electron chi connectivity index (χ4n) is 5.01. The van der Waals surface area contributed by atoms with Gasteiger partial charge in [0.15, 0.2) is 11.6 Å². The molecule has 0 aliphatic carbocycles. The number of methoxy groups -OCH3 is 1. The Morgan fingerprint density at radius 3 is 2.17 bits per heavy atom. The van der Waals surface area contributed by atoms with Crippen LogP contribution in [0.2, 0.25) is 0 Å². The molecule has 244 valence electrons. The first-order valence-corrected chi connectivity index (χ1v) is 14.1. The Morgan fingerprint density at radius 2 is 1.57 bits per heavy atom. The number of carbonyl (C=O) groups excluding carboxylic acids is 1. The molecule has 0 fully saturated rings. The second-order valence-electron chi connectivity index (χ2n) is 11.4. The van der Waals surface area contributed by atoms with E-state index in [1.807, 2.05) is 0 Å². The number of amides is 1. The number of rotatable bonds is 8. The van der Waals surface area contributed by atoms with Crippen LogP contribution in [-0.2, 0) is 24.0 Å². The van der Waals surface area contributed by atoms with Crippen LogP contribution in [0.15, 0.2) is 76.3 Å². The minimum absolute atomic E-state index is 0.217. The summed E-state index contributed by atoms with van der Waals surface area (Å²) < 4.78 is 84.3. The number of alkyl halides is 3. The standard InChI is InChI=1S/C33H32F5N3O5/c1-19-27(21-13-9-16-26(45-5)28(21)35)29(42)41(18-25(20-11-7-6-8-12-20)39-30(43)46-32(2,3)4)31(44)40(19)17-22-23(33(36,37)38)14-10-15-24(22)34/h6-16,25H,17-18H2,1-5H3,(H,39,43). The zero-order valence-corrected chi connectivity index (χ0v) is 25.7. The van der Waals surface area contributed by atoms with Crippen molar-refractivity contribution in [2.75, 3.05) is 7.11 Å². The average molecular weight is 646 g/mol. The van der Waals surface area contributed by atoms with Crippen molar-refractivity contribution in [1.82, 2.24) is 14.5 Å². The Kier molecular flexibility index (Phi) is 9.74. The number of ether oxygens (including phenoxy) is 2. The fourth-order valence-corrected chi connectivity index (χ4v) is 5.01. The summed E-state index contributed by atoms with van der Waals surface area (Å²) in [6.45, 7) is 4.69. The van der Waals surface area contributed by atoms with Crippen LogP contribution in [0.1, 0.15) is 49.2 Å². The Bertz CT molecular complexity index is 1860. The topological polar surface area (TPSA) is 91.6 Å². The van der Waals surface area contributed by atoms with Gasteiger partial charge in [-0.3, -0.25) is 13.9 Å². The van der Waals surface area contributed by atoms with E-state index in [1.54, 1.807) is 51.1 Å². The van der Waals surface area contributed by atoms with E-state index in [4.69, 9.17) is 9.47 Å². The summed E-state index contributed by atoms with van der Waals surface area (Å²) in [5.41, 5.74) is -5.62. The van der Waals surface area contributed by atoms with E-state index < -0.39 is 71.0 Å². The highest BCUT2D eigenvalue weighted by Gasteiger charge is 2.35. The van der Waals surface area contributed by atoms with Gasteiger partial charge in [0.2, 0.25) is 0 Å². The lowest BCUT2D eigenvalue weighted by Gasteiger charge is -2.25. The first-order chi connectivity index (χ1) is 21.5. The monoisotopic (exact) mass is 645 g/mol. The van der Waals surface area contributed by atoms with E-state index in [1.165, 1.54) is 32.2 Å². The number of carbonyl (C=O) groups is 1. The number of hydrogen-bond donors (Lipinski definition) is 1. The molecule has 0 radical (unpaired) electrons. The summed E-state index contributed by atoms with van der Waals surface area (Å²) in [5.74, 6) is -2.43. The normalized spacial score (nSPS) is 12.5. The van der Waals surface area contributed by atoms with Crippen molar-refractivity contribution in [2.45, 2.75) is 58.6 Å². The van der Waals surface area contributed by atoms with Crippen molar-refractivity contribution < 1.29 is 36.2 Å². The third kappa shape index (κ3) is 7.30. The zero-order chi connectivity index (χ0) is 34.0. The maximum atomic E-state index is 15.6. The second kappa shape index (κ2) is 13.2. The smallest absolute Gasteiger partial charge is 0.416 e. The maximum Gasteiger partial charge on any atom is 0.416 e. The second-order valence-corrected chi connectivity index (χ2v) is 11.4. The molecule has 46 heavy (non-hydrogen) atoms. The summed E-state index contributed by atoms with van der Waals surface area (Å²) in [6.07, 6.45) is -5.84. The molecule has 4 rings (SSSR count). The minimum Gasteiger partial charge on any atom is -0.494 e. The van der Waals surface area contributed by atoms with Gasteiger partial charge in [0.1, 0.15) is 11.4 Å². The Hall–Kier alpha value is -4.94. The Labute approximate surface area is 261 Å². The van der Waals surface area contributed by atoms with Crippen LogP contribution in [0.4, 0.5) is 26.7 Å². The molecular weight excluding hydrogens is 613 g/mol. The van der Waals surface area contributed by atoms with Crippen LogP contribution < -0.4 is 21.3 Å². The van der Waals surface area contributed by atoms with Crippen LogP contribution in [0.3, 0.4) is 0 Å². The van der Waals surface area contributed by atoms with E-state index in [0.29, 0.717) is 16.2 Å². The first-order valence-electron chi connectivity index (χ1n) is 14.1. The van der Waals surface area contributed by atoms with Gasteiger partial charge < -0.3 is 14.8 Å². The number of benzene rings is 3. The zero-order valence-electron chi connectivity index (χ0n) is 25.7. The summed E-state index contributed by atoms with van der Waals surface area (Å²) in [5, 5.41) is 2.63. The molecule has 0 aliphatic heterocycles. The molecule has 1 aromatic heterocycles. The number of aromatic nitrogens is 2. The molecule has 1 N–H and O–H groups in total. The third-order valence-electron chi connectivity index (χ3n) is 7.14. The molecule has 0 aliphatic rings. The lowest BCUT2D eigenvalue weighted by molar-refractivity contribution is -0.138. The predicted octanol–water partition coefficient (Wildman–Crippen LogP) is 6.61. The van der Waals surface area contributed by atoms with Crippen molar-refractivity contribution in [3.05, 3.63) is 122 Å². The number of alkyl carbamates (subject to hydrolysis) is 1. The van der Waals surface area contributed by atoms with Crippen LogP contribution in [0.5, 0.6) is 5.75 Å². The minimum atomic E-state index is -4.97. The van der Waals surface area contributed by atoms with Gasteiger partial charge in [0, 0.05) is 16.8 Å². The molecule has 13 heteroatoms. The van der Waals surface area contributed by atoms with Gasteiger partial charge >= 0.3 is 18.0 Å². The van der Waals surface area contributed by atoms with Crippen LogP contribution >= 0.6 is 0 Å². The summed E-state index contributed by atoms with van der Waals surface area (Å²) >= 11 is 0. The summed E-state index contributed by atoms with van der Waals surface area (Å²) in [6, 6.07) is 13.5. The molecule has 4 aromatic rings. The average Bonchev–Trinajstić information content (AvgIpc) is 2.97. The van der Waals surface area contributed by atoms with Crippen molar-refractivity contribution in [2.24, 2.45) is 0 Å². The highest BCUT2D eigenvalue weighted by Crippen LogP contribution is 2.34. The molecule has 0 spiro atoms. The van der Waals surface area contributed by atoms with Gasteiger partial charge in [-0.05, 0) is 51.5 Å². The highest BCUT2D eigenvalue weighted by atomic mass is 19.4. The summed E-state index contributed by atoms with van der Waals surface area (Å²) in [7, 11) is 1.21. The summed E-state index contributed by atoms with van der Waals surface area (Å²) in [4.78, 5) is 40.9. The van der Waals surface area contributed by atoms with Crippen molar-refractivity contribution in [3.8, 4) is 16.9 Å². The van der Waals surface area contributed by atoms with Crippen molar-refractivity contribution >= 4 is 6.09 Å². The van der Waals surface area contributed by atoms with Crippen LogP contribution in [-0.4, -0.2) is 27.9 Å². The van der Waals surface area contributed by atoms with Crippen molar-refractivity contribution in [3.63, 3.8) is 0 Å². The molecule has 1 heterocycles. The maximum absolute atomic E-state index is 15.6. The number of halogens is 5. The number of nitrogens with one attached hydrogen (secondary N) is 1. The lowest BCUT2D eigenvalue weighted by atomic mass is 10.0. The molecule has 1 amide bonds. The Balaban J connectivity index is 2.00. The van der Waals surface area contributed by atoms with E-state index in [2.05, 4.69) is 5.32 Å². The molecular formula is C33H32F5N3O5. The van der Waals surface area contributed by atoms with E-state index in [9.17, 15) is 31.9 Å². The largest absolute Gasteiger partial charge is 0.494 e. The molecule has 0 saturated carbocycles. The predicted molar refractivity (Wildman–Crippen MR) is 161 cm³/mol. The lowest BCUT2D eigenvalue weighted by Crippen LogP contribution is -2.46. The van der Waals surface area contributed by atoms with E-state index in [0.717, 1.165) is 16.7 Å². The quantitative estimate of drug-likeness (QED) is 0.218. The number of nitrogens with zero attached hydrogens (tertiary/aromatic N) is 2. The fraction of sp³-hybridized carbons (Fsp3) is 0.303. The van der Waals surface area contributed by atoms with E-state index in [-0.39, 0.29) is 22.6 Å². The van der Waals surface area contributed by atoms with Crippen LogP contribution in [0.25, 0.3) is 11.1 Å². The first kappa shape index (κ1) is 33.9. The van der Waals surface area contributed by atoms with Gasteiger partial charge in [-0.1, -0.05) is 48.5 Å². The van der Waals surface area contributed by atoms with Crippen LogP contribution in [0, 0.1) is 18.6 Å². The van der Waals surface area contributed by atoms with Gasteiger partial charge in [-0.15, -0.1) is 0 Å². The van der Waals surface area contributed by atoms with Gasteiger partial charge in [0.05, 0.1) is 37.4 Å². The van der Waals surface area contributed by atoms with E-state index >= 15 is 4.39 Å². The molecule has 1 unspecified atom stereocenters. The molecule has 3 aromatic carbocycles. The highest BCUT2D eigenvalue weighted by molar-refractivity contribution is 5.69. The Morgan fingerprint density at radius 1 is 0.913 bits per heavy atom. The molecule has 0 saturated heterocycles. The molecule has 0 bridgehead atoms. The van der Waals surface area contributed by atoms with Gasteiger partial charge in [-0.2, -0.15) is 13.2 Å². The molecule has 1 atom stereocenters.